The molecule has 0 spiro atoms. The van der Waals surface area contributed by atoms with Gasteiger partial charge in [-0.1, -0.05) is 66.2 Å². The molecular weight excluding hydrogens is 444 g/mol. The Bertz CT molecular complexity index is 1170. The average Bonchev–Trinajstić information content (AvgIpc) is 3.39. The van der Waals surface area contributed by atoms with E-state index in [4.69, 9.17) is 14.2 Å². The van der Waals surface area contributed by atoms with Gasteiger partial charge in [0.25, 0.3) is 0 Å². The summed E-state index contributed by atoms with van der Waals surface area (Å²) in [6.45, 7) is 3.36. The van der Waals surface area contributed by atoms with E-state index in [-0.39, 0.29) is 5.92 Å². The Kier molecular flexibility index (Phi) is 6.11. The van der Waals surface area contributed by atoms with E-state index < -0.39 is 42.0 Å². The van der Waals surface area contributed by atoms with Crippen LogP contribution in [0.25, 0.3) is 6.08 Å². The highest BCUT2D eigenvalue weighted by Crippen LogP contribution is 2.62. The summed E-state index contributed by atoms with van der Waals surface area (Å²) in [7, 11) is 0. The van der Waals surface area contributed by atoms with Gasteiger partial charge in [-0.3, -0.25) is 0 Å². The minimum atomic E-state index is -1.01. The molecule has 6 nitrogen and oxygen atoms in total. The monoisotopic (exact) mass is 474 g/mol. The van der Waals surface area contributed by atoms with Gasteiger partial charge in [0, 0.05) is 18.4 Å². The molecule has 5 atom stereocenters. The molecule has 1 N–H and O–H groups in total. The number of aliphatic hydroxyl groups excluding tert-OH is 1. The normalized spacial score (nSPS) is 31.5. The van der Waals surface area contributed by atoms with Crippen molar-refractivity contribution in [2.75, 3.05) is 6.61 Å². The third-order valence-corrected chi connectivity index (χ3v) is 7.71. The largest absolute Gasteiger partial charge is 0.457 e. The molecule has 2 aromatic rings. The van der Waals surface area contributed by atoms with Crippen LogP contribution in [0.3, 0.4) is 0 Å². The molecule has 0 radical (unpaired) electrons. The van der Waals surface area contributed by atoms with Gasteiger partial charge in [0.05, 0.1) is 0 Å². The van der Waals surface area contributed by atoms with Crippen molar-refractivity contribution < 1.29 is 28.9 Å². The van der Waals surface area contributed by atoms with Crippen LogP contribution in [0.4, 0.5) is 0 Å². The number of fused-ring (bicyclic) bond motifs is 4. The second-order valence-corrected chi connectivity index (χ2v) is 9.77. The minimum Gasteiger partial charge on any atom is -0.457 e. The van der Waals surface area contributed by atoms with Crippen molar-refractivity contribution in [1.29, 1.82) is 0 Å². The van der Waals surface area contributed by atoms with E-state index in [0.717, 1.165) is 29.5 Å². The number of carbonyl (C=O) groups excluding carboxylic acids is 2. The number of allylic oxidation sites excluding steroid dienone is 1. The van der Waals surface area contributed by atoms with Gasteiger partial charge in [-0.15, -0.1) is 0 Å². The summed E-state index contributed by atoms with van der Waals surface area (Å²) in [6.07, 6.45) is 3.95. The zero-order chi connectivity index (χ0) is 24.6. The third-order valence-electron chi connectivity index (χ3n) is 7.71. The van der Waals surface area contributed by atoms with Crippen molar-refractivity contribution in [2.24, 2.45) is 5.92 Å². The number of hydrogen-bond acceptors (Lipinski definition) is 6. The Morgan fingerprint density at radius 2 is 1.77 bits per heavy atom. The van der Waals surface area contributed by atoms with Crippen molar-refractivity contribution in [1.82, 2.24) is 0 Å². The molecule has 2 fully saturated rings. The van der Waals surface area contributed by atoms with E-state index in [1.54, 1.807) is 6.08 Å². The minimum absolute atomic E-state index is 0.0609. The Labute approximate surface area is 205 Å². The highest BCUT2D eigenvalue weighted by atomic mass is 16.6. The Morgan fingerprint density at radius 3 is 2.46 bits per heavy atom. The first-order valence-electron chi connectivity index (χ1n) is 12.1. The molecule has 2 aromatic carbocycles. The van der Waals surface area contributed by atoms with Crippen LogP contribution < -0.4 is 0 Å². The maximum absolute atomic E-state index is 13.1. The molecule has 0 amide bonds. The van der Waals surface area contributed by atoms with Gasteiger partial charge >= 0.3 is 11.9 Å². The van der Waals surface area contributed by atoms with Crippen LogP contribution in [-0.2, 0) is 29.4 Å². The van der Waals surface area contributed by atoms with Crippen molar-refractivity contribution in [3.8, 4) is 0 Å². The molecule has 0 aromatic heterocycles. The quantitative estimate of drug-likeness (QED) is 0.381. The summed E-state index contributed by atoms with van der Waals surface area (Å²) in [6, 6.07) is 19.3. The molecule has 1 aliphatic carbocycles. The number of esters is 2. The number of aliphatic hydroxyl groups is 1. The maximum Gasteiger partial charge on any atom is 0.332 e. The molecule has 0 unspecified atom stereocenters. The van der Waals surface area contributed by atoms with Crippen LogP contribution in [0.5, 0.6) is 0 Å². The SMILES string of the molecule is CC1=C2[C@@H](CC1)[C@]1(C)O[C@@](c3ccccc3)(C[C@H]1OC(=O)CO)[C@H]2OC(=O)/C=C/c1ccccc1. The summed E-state index contributed by atoms with van der Waals surface area (Å²) in [5.74, 6) is -1.20. The van der Waals surface area contributed by atoms with Crippen LogP contribution >= 0.6 is 0 Å². The molecule has 3 aliphatic rings. The molecule has 182 valence electrons. The van der Waals surface area contributed by atoms with E-state index in [2.05, 4.69) is 6.92 Å². The molecule has 2 aliphatic heterocycles. The number of rotatable bonds is 6. The van der Waals surface area contributed by atoms with E-state index in [1.165, 1.54) is 11.6 Å². The number of carbonyl (C=O) groups is 2. The van der Waals surface area contributed by atoms with Gasteiger partial charge in [0.15, 0.2) is 6.10 Å². The van der Waals surface area contributed by atoms with Gasteiger partial charge in [-0.2, -0.15) is 0 Å². The Hall–Kier alpha value is -3.22. The second kappa shape index (κ2) is 9.10. The zero-order valence-electron chi connectivity index (χ0n) is 20.0. The lowest BCUT2D eigenvalue weighted by molar-refractivity contribution is -0.215. The molecule has 6 heteroatoms. The van der Waals surface area contributed by atoms with Crippen molar-refractivity contribution in [2.45, 2.75) is 56.5 Å². The third kappa shape index (κ3) is 4.01. The number of benzene rings is 2. The molecule has 2 heterocycles. The lowest BCUT2D eigenvalue weighted by Crippen LogP contribution is -2.55. The van der Waals surface area contributed by atoms with Crippen LogP contribution in [0, 0.1) is 5.92 Å². The predicted octanol–water partition coefficient (Wildman–Crippen LogP) is 4.33. The number of ether oxygens (including phenoxy) is 3. The van der Waals surface area contributed by atoms with Gasteiger partial charge in [0.2, 0.25) is 0 Å². The van der Waals surface area contributed by atoms with Crippen LogP contribution in [0.15, 0.2) is 77.9 Å². The van der Waals surface area contributed by atoms with Crippen molar-refractivity contribution in [3.05, 3.63) is 89.0 Å². The van der Waals surface area contributed by atoms with Crippen LogP contribution in [0.1, 0.15) is 44.2 Å². The van der Waals surface area contributed by atoms with Gasteiger partial charge in [-0.05, 0) is 49.5 Å². The average molecular weight is 475 g/mol. The van der Waals surface area contributed by atoms with Crippen LogP contribution in [0.2, 0.25) is 0 Å². The molecular formula is C29H30O6. The fourth-order valence-corrected chi connectivity index (χ4v) is 6.09. The zero-order valence-corrected chi connectivity index (χ0v) is 20.0. The van der Waals surface area contributed by atoms with Crippen molar-refractivity contribution >= 4 is 18.0 Å². The summed E-state index contributed by atoms with van der Waals surface area (Å²) in [4.78, 5) is 25.2. The first-order valence-corrected chi connectivity index (χ1v) is 12.1. The van der Waals surface area contributed by atoms with Gasteiger partial charge in [-0.25, -0.2) is 9.59 Å². The topological polar surface area (TPSA) is 82.1 Å². The molecule has 2 saturated heterocycles. The van der Waals surface area contributed by atoms with Crippen LogP contribution in [-0.4, -0.2) is 41.5 Å². The summed E-state index contributed by atoms with van der Waals surface area (Å²) in [5.41, 5.74) is 2.21. The van der Waals surface area contributed by atoms with E-state index in [0.29, 0.717) is 6.42 Å². The molecule has 5 rings (SSSR count). The molecule has 0 saturated carbocycles. The van der Waals surface area contributed by atoms with E-state index in [1.807, 2.05) is 67.6 Å². The first-order chi connectivity index (χ1) is 16.9. The molecule has 35 heavy (non-hydrogen) atoms. The van der Waals surface area contributed by atoms with Crippen molar-refractivity contribution in [3.63, 3.8) is 0 Å². The Balaban J connectivity index is 1.56. The smallest absolute Gasteiger partial charge is 0.332 e. The summed E-state index contributed by atoms with van der Waals surface area (Å²) in [5, 5.41) is 9.35. The Morgan fingerprint density at radius 1 is 1.09 bits per heavy atom. The lowest BCUT2D eigenvalue weighted by atomic mass is 9.75. The fraction of sp³-hybridized carbons (Fsp3) is 0.379. The highest BCUT2D eigenvalue weighted by Gasteiger charge is 2.69. The van der Waals surface area contributed by atoms with Gasteiger partial charge in [0.1, 0.15) is 23.9 Å². The second-order valence-electron chi connectivity index (χ2n) is 9.77. The fourth-order valence-electron chi connectivity index (χ4n) is 6.09. The van der Waals surface area contributed by atoms with Gasteiger partial charge < -0.3 is 19.3 Å². The summed E-state index contributed by atoms with van der Waals surface area (Å²) < 4.78 is 18.8. The van der Waals surface area contributed by atoms with E-state index >= 15 is 0 Å². The van der Waals surface area contributed by atoms with E-state index in [9.17, 15) is 14.7 Å². The first kappa shape index (κ1) is 23.5. The number of hydrogen-bond donors (Lipinski definition) is 1. The lowest BCUT2D eigenvalue weighted by Gasteiger charge is -2.48. The standard InChI is InChI=1S/C29H30O6/c1-19-13-15-22-26(19)27(34-24(31)16-14-20-9-5-3-6-10-20)29(21-11-7-4-8-12-21)17-23(28(22,2)35-29)33-25(32)18-30/h3-12,14,16,22-23,27,30H,13,15,17-18H2,1-2H3/b16-14+/t22-,23-,27+,28+,29-/m1/s1. The maximum atomic E-state index is 13.1. The predicted molar refractivity (Wildman–Crippen MR) is 130 cm³/mol. The highest BCUT2D eigenvalue weighted by molar-refractivity contribution is 5.87. The summed E-state index contributed by atoms with van der Waals surface area (Å²) >= 11 is 0. The molecule has 2 bridgehead atoms.